The van der Waals surface area contributed by atoms with Crippen molar-refractivity contribution in [2.45, 2.75) is 52.7 Å². The van der Waals surface area contributed by atoms with Crippen LogP contribution in [-0.2, 0) is 17.9 Å². The number of piperidine rings is 1. The Hall–Kier alpha value is -1.39. The van der Waals surface area contributed by atoms with E-state index in [0.29, 0.717) is 6.54 Å². The van der Waals surface area contributed by atoms with Gasteiger partial charge >= 0.3 is 0 Å². The average molecular weight is 317 g/mol. The molecule has 3 N–H and O–H groups in total. The van der Waals surface area contributed by atoms with E-state index in [9.17, 15) is 4.79 Å². The molecule has 0 spiro atoms. The minimum atomic E-state index is -0.157. The first-order valence-corrected chi connectivity index (χ1v) is 8.79. The van der Waals surface area contributed by atoms with E-state index in [1.165, 1.54) is 31.5 Å². The van der Waals surface area contributed by atoms with Gasteiger partial charge in [-0.1, -0.05) is 38.1 Å². The van der Waals surface area contributed by atoms with Gasteiger partial charge in [-0.15, -0.1) is 0 Å². The summed E-state index contributed by atoms with van der Waals surface area (Å²) in [6.07, 6.45) is 2.61. The summed E-state index contributed by atoms with van der Waals surface area (Å²) in [5, 5.41) is 2.96. The second-order valence-electron chi connectivity index (χ2n) is 7.14. The standard InChI is InChI=1S/C19H31N3O/c1-14-8-10-22(11-9-14)13-18-6-4-17(5-7-18)12-21-19(23)15(2)16(3)20/h4-7,14-16H,8-13,20H2,1-3H3,(H,21,23). The summed E-state index contributed by atoms with van der Waals surface area (Å²) in [7, 11) is 0. The fourth-order valence-corrected chi connectivity index (χ4v) is 2.83. The van der Waals surface area contributed by atoms with E-state index in [1.54, 1.807) is 0 Å². The lowest BCUT2D eigenvalue weighted by Crippen LogP contribution is -2.38. The third-order valence-corrected chi connectivity index (χ3v) is 4.97. The molecule has 1 saturated heterocycles. The molecule has 1 aliphatic rings. The monoisotopic (exact) mass is 317 g/mol. The van der Waals surface area contributed by atoms with Crippen LogP contribution >= 0.6 is 0 Å². The minimum Gasteiger partial charge on any atom is -0.352 e. The van der Waals surface area contributed by atoms with Crippen LogP contribution < -0.4 is 11.1 Å². The molecule has 1 fully saturated rings. The van der Waals surface area contributed by atoms with Crippen LogP contribution in [0.25, 0.3) is 0 Å². The van der Waals surface area contributed by atoms with Gasteiger partial charge in [0.2, 0.25) is 5.91 Å². The van der Waals surface area contributed by atoms with Gasteiger partial charge in [0.25, 0.3) is 0 Å². The largest absolute Gasteiger partial charge is 0.352 e. The van der Waals surface area contributed by atoms with Crippen molar-refractivity contribution < 1.29 is 4.79 Å². The fourth-order valence-electron chi connectivity index (χ4n) is 2.83. The Labute approximate surface area is 140 Å². The van der Waals surface area contributed by atoms with Gasteiger partial charge in [0.1, 0.15) is 0 Å². The van der Waals surface area contributed by atoms with E-state index >= 15 is 0 Å². The third-order valence-electron chi connectivity index (χ3n) is 4.97. The molecule has 1 aromatic carbocycles. The minimum absolute atomic E-state index is 0.0199. The highest BCUT2D eigenvalue weighted by molar-refractivity contribution is 5.78. The van der Waals surface area contributed by atoms with Gasteiger partial charge in [-0.3, -0.25) is 9.69 Å². The highest BCUT2D eigenvalue weighted by Gasteiger charge is 2.17. The predicted octanol–water partition coefficient (Wildman–Crippen LogP) is 2.52. The summed E-state index contributed by atoms with van der Waals surface area (Å²) in [5.41, 5.74) is 8.23. The summed E-state index contributed by atoms with van der Waals surface area (Å²) >= 11 is 0. The average Bonchev–Trinajstić information content (AvgIpc) is 2.55. The number of benzene rings is 1. The van der Waals surface area contributed by atoms with Crippen molar-refractivity contribution in [3.8, 4) is 0 Å². The maximum Gasteiger partial charge on any atom is 0.224 e. The second kappa shape index (κ2) is 8.46. The van der Waals surface area contributed by atoms with Crippen molar-refractivity contribution in [3.05, 3.63) is 35.4 Å². The zero-order valence-electron chi connectivity index (χ0n) is 14.7. The van der Waals surface area contributed by atoms with E-state index in [-0.39, 0.29) is 17.9 Å². The number of rotatable bonds is 6. The Morgan fingerprint density at radius 3 is 2.35 bits per heavy atom. The number of hydrogen-bond acceptors (Lipinski definition) is 3. The molecular formula is C19H31N3O. The Balaban J connectivity index is 1.79. The highest BCUT2D eigenvalue weighted by Crippen LogP contribution is 2.18. The molecule has 0 saturated carbocycles. The topological polar surface area (TPSA) is 58.4 Å². The molecule has 1 amide bonds. The number of nitrogens with two attached hydrogens (primary N) is 1. The van der Waals surface area contributed by atoms with Crippen LogP contribution in [-0.4, -0.2) is 29.9 Å². The zero-order chi connectivity index (χ0) is 16.8. The van der Waals surface area contributed by atoms with Crippen LogP contribution in [0.15, 0.2) is 24.3 Å². The Bertz CT molecular complexity index is 490. The molecule has 0 radical (unpaired) electrons. The van der Waals surface area contributed by atoms with E-state index < -0.39 is 0 Å². The Kier molecular flexibility index (Phi) is 6.60. The molecule has 4 heteroatoms. The summed E-state index contributed by atoms with van der Waals surface area (Å²) in [6.45, 7) is 10.1. The van der Waals surface area contributed by atoms with Gasteiger partial charge < -0.3 is 11.1 Å². The van der Waals surface area contributed by atoms with Crippen LogP contribution in [0.5, 0.6) is 0 Å². The maximum atomic E-state index is 11.9. The summed E-state index contributed by atoms with van der Waals surface area (Å²) < 4.78 is 0. The quantitative estimate of drug-likeness (QED) is 0.847. The molecule has 1 aliphatic heterocycles. The Morgan fingerprint density at radius 2 is 1.78 bits per heavy atom. The molecule has 2 unspecified atom stereocenters. The summed E-state index contributed by atoms with van der Waals surface area (Å²) in [6, 6.07) is 8.45. The van der Waals surface area contributed by atoms with Crippen LogP contribution in [0.1, 0.15) is 44.7 Å². The van der Waals surface area contributed by atoms with Gasteiger partial charge in [-0.25, -0.2) is 0 Å². The van der Waals surface area contributed by atoms with Crippen LogP contribution in [0.4, 0.5) is 0 Å². The molecule has 1 heterocycles. The van der Waals surface area contributed by atoms with Crippen molar-refractivity contribution >= 4 is 5.91 Å². The first kappa shape index (κ1) is 18.0. The molecule has 0 aromatic heterocycles. The lowest BCUT2D eigenvalue weighted by atomic mass is 9.99. The van der Waals surface area contributed by atoms with Gasteiger partial charge in [0.15, 0.2) is 0 Å². The van der Waals surface area contributed by atoms with Crippen molar-refractivity contribution in [3.63, 3.8) is 0 Å². The van der Waals surface area contributed by atoms with E-state index in [2.05, 4.69) is 41.4 Å². The van der Waals surface area contributed by atoms with E-state index in [1.807, 2.05) is 13.8 Å². The molecule has 2 atom stereocenters. The van der Waals surface area contributed by atoms with Crippen LogP contribution in [0.2, 0.25) is 0 Å². The molecule has 1 aromatic rings. The smallest absolute Gasteiger partial charge is 0.224 e. The Morgan fingerprint density at radius 1 is 1.22 bits per heavy atom. The fraction of sp³-hybridized carbons (Fsp3) is 0.632. The molecular weight excluding hydrogens is 286 g/mol. The van der Waals surface area contributed by atoms with Gasteiger partial charge in [0.05, 0.1) is 0 Å². The number of carbonyl (C=O) groups excluding carboxylic acids is 1. The van der Waals surface area contributed by atoms with Gasteiger partial charge in [-0.2, -0.15) is 0 Å². The predicted molar refractivity (Wildman–Crippen MR) is 94.8 cm³/mol. The first-order chi connectivity index (χ1) is 11.0. The van der Waals surface area contributed by atoms with Crippen LogP contribution in [0.3, 0.4) is 0 Å². The van der Waals surface area contributed by atoms with E-state index in [0.717, 1.165) is 18.0 Å². The molecule has 0 bridgehead atoms. The molecule has 2 rings (SSSR count). The van der Waals surface area contributed by atoms with Crippen molar-refractivity contribution in [2.24, 2.45) is 17.6 Å². The second-order valence-corrected chi connectivity index (χ2v) is 7.14. The van der Waals surface area contributed by atoms with Crippen LogP contribution in [0, 0.1) is 11.8 Å². The van der Waals surface area contributed by atoms with Gasteiger partial charge in [0, 0.05) is 25.0 Å². The number of nitrogens with zero attached hydrogens (tertiary/aromatic N) is 1. The number of carbonyl (C=O) groups is 1. The number of hydrogen-bond donors (Lipinski definition) is 2. The normalized spacial score (nSPS) is 19.3. The van der Waals surface area contributed by atoms with Gasteiger partial charge in [-0.05, 0) is 49.9 Å². The van der Waals surface area contributed by atoms with Crippen molar-refractivity contribution in [1.29, 1.82) is 0 Å². The lowest BCUT2D eigenvalue weighted by molar-refractivity contribution is -0.125. The maximum absolute atomic E-state index is 11.9. The number of nitrogens with one attached hydrogen (secondary N) is 1. The van der Waals surface area contributed by atoms with E-state index in [4.69, 9.17) is 5.73 Å². The third kappa shape index (κ3) is 5.63. The number of amides is 1. The molecule has 0 aliphatic carbocycles. The highest BCUT2D eigenvalue weighted by atomic mass is 16.1. The molecule has 128 valence electrons. The molecule has 4 nitrogen and oxygen atoms in total. The lowest BCUT2D eigenvalue weighted by Gasteiger charge is -2.30. The molecule has 23 heavy (non-hydrogen) atoms. The summed E-state index contributed by atoms with van der Waals surface area (Å²) in [5.74, 6) is 0.734. The van der Waals surface area contributed by atoms with Crippen molar-refractivity contribution in [2.75, 3.05) is 13.1 Å². The SMILES string of the molecule is CC1CCN(Cc2ccc(CNC(=O)C(C)C(C)N)cc2)CC1. The summed E-state index contributed by atoms with van der Waals surface area (Å²) in [4.78, 5) is 14.4. The number of likely N-dealkylation sites (tertiary alicyclic amines) is 1. The van der Waals surface area contributed by atoms with Crippen molar-refractivity contribution in [1.82, 2.24) is 10.2 Å². The first-order valence-electron chi connectivity index (χ1n) is 8.79. The zero-order valence-corrected chi connectivity index (χ0v) is 14.7.